The van der Waals surface area contributed by atoms with Gasteiger partial charge in [-0.2, -0.15) is 4.31 Å². The van der Waals surface area contributed by atoms with Gasteiger partial charge in [0.2, 0.25) is 5.91 Å². The summed E-state index contributed by atoms with van der Waals surface area (Å²) in [6, 6.07) is 11.1. The highest BCUT2D eigenvalue weighted by Crippen LogP contribution is 2.32. The van der Waals surface area contributed by atoms with E-state index in [2.05, 4.69) is 5.32 Å². The summed E-state index contributed by atoms with van der Waals surface area (Å²) < 4.78 is 32.7. The van der Waals surface area contributed by atoms with Gasteiger partial charge in [-0.15, -0.1) is 11.3 Å². The molecule has 1 atom stereocenters. The van der Waals surface area contributed by atoms with Gasteiger partial charge in [0.25, 0.3) is 10.0 Å². The van der Waals surface area contributed by atoms with E-state index >= 15 is 0 Å². The van der Waals surface area contributed by atoms with Crippen LogP contribution in [0.4, 0.5) is 0 Å². The number of carbonyl (C=O) groups is 1. The quantitative estimate of drug-likeness (QED) is 0.847. The van der Waals surface area contributed by atoms with Crippen molar-refractivity contribution in [1.82, 2.24) is 9.62 Å². The van der Waals surface area contributed by atoms with Gasteiger partial charge in [0.05, 0.1) is 12.6 Å². The van der Waals surface area contributed by atoms with E-state index in [1.54, 1.807) is 17.5 Å². The predicted molar refractivity (Wildman–Crippen MR) is 103 cm³/mol. The molecular weight excluding hydrogens is 384 g/mol. The fourth-order valence-electron chi connectivity index (χ4n) is 3.68. The van der Waals surface area contributed by atoms with Gasteiger partial charge in [-0.1, -0.05) is 24.3 Å². The summed E-state index contributed by atoms with van der Waals surface area (Å²) in [6.45, 7) is 1.34. The third-order valence-corrected chi connectivity index (χ3v) is 8.46. The van der Waals surface area contributed by atoms with Crippen molar-refractivity contribution >= 4 is 27.3 Å². The summed E-state index contributed by atoms with van der Waals surface area (Å²) >= 11 is 1.23. The molecule has 1 N–H and O–H groups in total. The van der Waals surface area contributed by atoms with Gasteiger partial charge < -0.3 is 10.1 Å². The fraction of sp³-hybridized carbons (Fsp3) is 0.421. The van der Waals surface area contributed by atoms with Gasteiger partial charge in [-0.3, -0.25) is 4.79 Å². The summed E-state index contributed by atoms with van der Waals surface area (Å²) in [5.74, 6) is 0.672. The summed E-state index contributed by atoms with van der Waals surface area (Å²) in [4.78, 5) is 12.7. The Balaban J connectivity index is 1.37. The van der Waals surface area contributed by atoms with Gasteiger partial charge >= 0.3 is 0 Å². The van der Waals surface area contributed by atoms with Gasteiger partial charge in [0.1, 0.15) is 9.96 Å². The van der Waals surface area contributed by atoms with Crippen molar-refractivity contribution in [2.75, 3.05) is 19.7 Å². The molecule has 2 aliphatic heterocycles. The number of thiophene rings is 1. The minimum absolute atomic E-state index is 0.00451. The Morgan fingerprint density at radius 3 is 2.63 bits per heavy atom. The first-order valence-electron chi connectivity index (χ1n) is 9.11. The van der Waals surface area contributed by atoms with Crippen LogP contribution in [0.15, 0.2) is 46.0 Å². The first kappa shape index (κ1) is 18.5. The molecule has 1 aromatic heterocycles. The van der Waals surface area contributed by atoms with Crippen LogP contribution >= 0.6 is 11.3 Å². The number of sulfonamides is 1. The van der Waals surface area contributed by atoms with E-state index in [0.717, 1.165) is 17.7 Å². The highest BCUT2D eigenvalue weighted by Gasteiger charge is 2.33. The third-order valence-electron chi connectivity index (χ3n) is 5.19. The van der Waals surface area contributed by atoms with Crippen LogP contribution in [-0.2, 0) is 14.8 Å². The van der Waals surface area contributed by atoms with Crippen molar-refractivity contribution in [2.24, 2.45) is 5.92 Å². The smallest absolute Gasteiger partial charge is 0.252 e. The van der Waals surface area contributed by atoms with Crippen LogP contribution in [0.2, 0.25) is 0 Å². The van der Waals surface area contributed by atoms with Crippen LogP contribution in [0.3, 0.4) is 0 Å². The molecular formula is C19H22N2O4S2. The minimum Gasteiger partial charge on any atom is -0.493 e. The van der Waals surface area contributed by atoms with E-state index in [1.807, 2.05) is 24.3 Å². The molecule has 3 heterocycles. The molecule has 1 saturated heterocycles. The second-order valence-electron chi connectivity index (χ2n) is 6.85. The molecule has 0 aliphatic carbocycles. The Bertz CT molecular complexity index is 904. The Morgan fingerprint density at radius 1 is 1.11 bits per heavy atom. The monoisotopic (exact) mass is 406 g/mol. The molecule has 2 aliphatic rings. The summed E-state index contributed by atoms with van der Waals surface area (Å²) in [5.41, 5.74) is 1.01. The third kappa shape index (κ3) is 3.74. The summed E-state index contributed by atoms with van der Waals surface area (Å²) in [7, 11) is -3.43. The number of hydrogen-bond donors (Lipinski definition) is 1. The molecule has 0 radical (unpaired) electrons. The Kier molecular flexibility index (Phi) is 5.21. The van der Waals surface area contributed by atoms with Crippen molar-refractivity contribution in [3.63, 3.8) is 0 Å². The Labute approximate surface area is 163 Å². The second kappa shape index (κ2) is 7.61. The summed E-state index contributed by atoms with van der Waals surface area (Å²) in [5, 5.41) is 4.90. The van der Waals surface area contributed by atoms with Crippen molar-refractivity contribution in [2.45, 2.75) is 29.5 Å². The zero-order chi connectivity index (χ0) is 18.9. The molecule has 1 unspecified atom stereocenters. The van der Waals surface area contributed by atoms with Crippen molar-refractivity contribution in [3.05, 3.63) is 47.3 Å². The topological polar surface area (TPSA) is 75.7 Å². The number of carbonyl (C=O) groups excluding carboxylic acids is 1. The van der Waals surface area contributed by atoms with E-state index in [-0.39, 0.29) is 17.9 Å². The Hall–Kier alpha value is -1.90. The maximum atomic E-state index is 12.7. The number of nitrogens with one attached hydrogen (secondary N) is 1. The lowest BCUT2D eigenvalue weighted by Crippen LogP contribution is -2.44. The van der Waals surface area contributed by atoms with Crippen LogP contribution in [0, 0.1) is 5.92 Å². The minimum atomic E-state index is -3.43. The van der Waals surface area contributed by atoms with Crippen LogP contribution in [0.1, 0.15) is 30.9 Å². The largest absolute Gasteiger partial charge is 0.493 e. The molecule has 0 saturated carbocycles. The van der Waals surface area contributed by atoms with Crippen LogP contribution in [0.5, 0.6) is 5.75 Å². The van der Waals surface area contributed by atoms with Crippen LogP contribution < -0.4 is 10.1 Å². The fourth-order valence-corrected chi connectivity index (χ4v) is 6.29. The first-order valence-corrected chi connectivity index (χ1v) is 11.4. The maximum absolute atomic E-state index is 12.7. The zero-order valence-electron chi connectivity index (χ0n) is 14.8. The molecule has 1 fully saturated rings. The average Bonchev–Trinajstić information content (AvgIpc) is 3.24. The molecule has 2 aromatic rings. The standard InChI is InChI=1S/C19H22N2O4S2/c22-19(20-16-9-12-25-17-5-2-1-4-15(16)17)14-7-10-21(11-8-14)27(23,24)18-6-3-13-26-18/h1-6,13-14,16H,7-12H2,(H,20,22). The normalized spacial score (nSPS) is 21.3. The predicted octanol–water partition coefficient (Wildman–Crippen LogP) is 2.79. The van der Waals surface area contributed by atoms with Gasteiger partial charge in [0.15, 0.2) is 0 Å². The highest BCUT2D eigenvalue weighted by molar-refractivity contribution is 7.91. The molecule has 1 aromatic carbocycles. The SMILES string of the molecule is O=C(NC1CCOc2ccccc21)C1CCN(S(=O)(=O)c2cccs2)CC1. The van der Waals surface area contributed by atoms with Crippen LogP contribution in [-0.4, -0.2) is 38.3 Å². The van der Waals surface area contributed by atoms with E-state index in [1.165, 1.54) is 15.6 Å². The number of piperidine rings is 1. The number of para-hydroxylation sites is 1. The average molecular weight is 407 g/mol. The molecule has 4 rings (SSSR count). The lowest BCUT2D eigenvalue weighted by Gasteiger charge is -2.32. The van der Waals surface area contributed by atoms with Crippen molar-refractivity contribution in [3.8, 4) is 5.75 Å². The number of ether oxygens (including phenoxy) is 1. The van der Waals surface area contributed by atoms with Gasteiger partial charge in [0, 0.05) is 31.0 Å². The molecule has 0 bridgehead atoms. The van der Waals surface area contributed by atoms with E-state index in [4.69, 9.17) is 4.74 Å². The lowest BCUT2D eigenvalue weighted by molar-refractivity contribution is -0.127. The second-order valence-corrected chi connectivity index (χ2v) is 9.96. The number of benzene rings is 1. The Morgan fingerprint density at radius 2 is 1.89 bits per heavy atom. The molecule has 1 amide bonds. The van der Waals surface area contributed by atoms with Gasteiger partial charge in [-0.05, 0) is 30.4 Å². The molecule has 0 spiro atoms. The molecule has 8 heteroatoms. The number of rotatable bonds is 4. The number of fused-ring (bicyclic) bond motifs is 1. The van der Waals surface area contributed by atoms with Crippen molar-refractivity contribution in [1.29, 1.82) is 0 Å². The molecule has 144 valence electrons. The highest BCUT2D eigenvalue weighted by atomic mass is 32.2. The van der Waals surface area contributed by atoms with Crippen LogP contribution in [0.25, 0.3) is 0 Å². The number of nitrogens with zero attached hydrogens (tertiary/aromatic N) is 1. The van der Waals surface area contributed by atoms with E-state index < -0.39 is 10.0 Å². The number of hydrogen-bond acceptors (Lipinski definition) is 5. The first-order chi connectivity index (χ1) is 13.1. The molecule has 6 nitrogen and oxygen atoms in total. The lowest BCUT2D eigenvalue weighted by atomic mass is 9.95. The maximum Gasteiger partial charge on any atom is 0.252 e. The van der Waals surface area contributed by atoms with Gasteiger partial charge in [-0.25, -0.2) is 8.42 Å². The van der Waals surface area contributed by atoms with E-state index in [0.29, 0.717) is 36.7 Å². The number of amides is 1. The van der Waals surface area contributed by atoms with Crippen molar-refractivity contribution < 1.29 is 17.9 Å². The zero-order valence-corrected chi connectivity index (χ0v) is 16.5. The summed E-state index contributed by atoms with van der Waals surface area (Å²) in [6.07, 6.45) is 1.83. The van der Waals surface area contributed by atoms with E-state index in [9.17, 15) is 13.2 Å². The molecule has 27 heavy (non-hydrogen) atoms.